The van der Waals surface area contributed by atoms with E-state index in [0.717, 1.165) is 12.1 Å². The van der Waals surface area contributed by atoms with Crippen molar-refractivity contribution in [2.24, 2.45) is 0 Å². The first-order chi connectivity index (χ1) is 12.4. The van der Waals surface area contributed by atoms with Gasteiger partial charge in [-0.05, 0) is 43.5 Å². The molecule has 4 aromatic rings. The Morgan fingerprint density at radius 3 is 2.35 bits per heavy atom. The van der Waals surface area contributed by atoms with Gasteiger partial charge in [-0.1, -0.05) is 53.3 Å². The topological polar surface area (TPSA) is 61.1 Å². The van der Waals surface area contributed by atoms with E-state index in [2.05, 4.69) is 53.4 Å². The van der Waals surface area contributed by atoms with E-state index in [0.29, 0.717) is 0 Å². The van der Waals surface area contributed by atoms with Crippen LogP contribution in [0, 0.1) is 6.92 Å². The molecule has 1 heterocycles. The van der Waals surface area contributed by atoms with Gasteiger partial charge in [0, 0.05) is 0 Å². The zero-order valence-corrected chi connectivity index (χ0v) is 16.2. The van der Waals surface area contributed by atoms with Crippen LogP contribution in [0.3, 0.4) is 0 Å². The summed E-state index contributed by atoms with van der Waals surface area (Å²) in [5.41, 5.74) is 4.51. The predicted molar refractivity (Wildman–Crippen MR) is 104 cm³/mol. The van der Waals surface area contributed by atoms with Gasteiger partial charge in [-0.2, -0.15) is 4.57 Å². The van der Waals surface area contributed by atoms with Crippen molar-refractivity contribution in [2.45, 2.75) is 25.3 Å². The Bertz CT molecular complexity index is 1150. The molecule has 4 rings (SSSR count). The molecule has 0 aliphatic rings. The Balaban J connectivity index is 0.000000160. The molecular weight excluding hydrogens is 366 g/mol. The average Bonchev–Trinajstić information content (AvgIpc) is 3.05. The second-order valence-corrected chi connectivity index (χ2v) is 8.18. The van der Waals surface area contributed by atoms with Crippen LogP contribution >= 0.6 is 11.3 Å². The molecule has 0 aliphatic heterocycles. The number of hydrogen-bond donors (Lipinski definition) is 0. The third kappa shape index (κ3) is 3.93. The van der Waals surface area contributed by atoms with Crippen molar-refractivity contribution in [1.29, 1.82) is 0 Å². The molecule has 0 saturated carbocycles. The van der Waals surface area contributed by atoms with Gasteiger partial charge in [0.1, 0.15) is 21.4 Å². The van der Waals surface area contributed by atoms with Crippen LogP contribution in [0.5, 0.6) is 0 Å². The Morgan fingerprint density at radius 1 is 1.00 bits per heavy atom. The van der Waals surface area contributed by atoms with Gasteiger partial charge in [-0.15, -0.1) is 0 Å². The predicted octanol–water partition coefficient (Wildman–Crippen LogP) is 4.26. The standard InChI is InChI=1S/C13H12NS.C7H8O3S/c1-2-14-9-15-12-8-7-10-5-3-4-6-11(10)13(12)14;1-6-2-4-7(5-3-6)11(8,9)10/h3-9H,2H2,1H3;2-5H,1H3,(H,8,9,10)/q+1;/p-1. The average molecular weight is 386 g/mol. The molecule has 0 aliphatic carbocycles. The quantitative estimate of drug-likeness (QED) is 0.383. The summed E-state index contributed by atoms with van der Waals surface area (Å²) >= 11 is 1.82. The highest BCUT2D eigenvalue weighted by molar-refractivity contribution is 7.85. The van der Waals surface area contributed by atoms with Crippen LogP contribution in [-0.2, 0) is 16.7 Å². The Hall–Kier alpha value is -2.28. The van der Waals surface area contributed by atoms with E-state index in [-0.39, 0.29) is 4.90 Å². The molecule has 0 N–H and O–H groups in total. The second-order valence-electron chi connectivity index (χ2n) is 5.91. The number of aromatic nitrogens is 1. The molecule has 134 valence electrons. The highest BCUT2D eigenvalue weighted by Gasteiger charge is 2.12. The van der Waals surface area contributed by atoms with Gasteiger partial charge in [0.15, 0.2) is 0 Å². The number of benzene rings is 3. The lowest BCUT2D eigenvalue weighted by Crippen LogP contribution is -2.29. The van der Waals surface area contributed by atoms with Gasteiger partial charge in [0.05, 0.1) is 10.3 Å². The molecule has 0 radical (unpaired) electrons. The summed E-state index contributed by atoms with van der Waals surface area (Å²) in [6, 6.07) is 18.8. The minimum absolute atomic E-state index is 0.178. The number of rotatable bonds is 2. The number of hydrogen-bond acceptors (Lipinski definition) is 4. The normalized spacial score (nSPS) is 11.3. The van der Waals surface area contributed by atoms with E-state index >= 15 is 0 Å². The third-order valence-corrected chi connectivity index (χ3v) is 5.90. The maximum atomic E-state index is 10.4. The van der Waals surface area contributed by atoms with Crippen molar-refractivity contribution in [3.05, 3.63) is 71.7 Å². The van der Waals surface area contributed by atoms with E-state index in [4.69, 9.17) is 0 Å². The van der Waals surface area contributed by atoms with Crippen molar-refractivity contribution in [2.75, 3.05) is 0 Å². The number of fused-ring (bicyclic) bond motifs is 3. The van der Waals surface area contributed by atoms with Gasteiger partial charge in [-0.3, -0.25) is 0 Å². The first-order valence-electron chi connectivity index (χ1n) is 8.21. The molecule has 0 bridgehead atoms. The molecule has 0 atom stereocenters. The Labute approximate surface area is 157 Å². The van der Waals surface area contributed by atoms with E-state index in [9.17, 15) is 13.0 Å². The Kier molecular flexibility index (Phi) is 5.36. The van der Waals surface area contributed by atoms with E-state index in [1.54, 1.807) is 12.1 Å². The highest BCUT2D eigenvalue weighted by Crippen LogP contribution is 2.25. The second kappa shape index (κ2) is 7.53. The zero-order valence-electron chi connectivity index (χ0n) is 14.5. The summed E-state index contributed by atoms with van der Waals surface area (Å²) in [5, 5.41) is 2.68. The minimum atomic E-state index is -4.27. The molecule has 3 aromatic carbocycles. The number of thiazole rings is 1. The van der Waals surface area contributed by atoms with Gasteiger partial charge in [0.25, 0.3) is 0 Å². The van der Waals surface area contributed by atoms with Crippen LogP contribution in [0.25, 0.3) is 21.0 Å². The summed E-state index contributed by atoms with van der Waals surface area (Å²) in [4.78, 5) is -0.178. The van der Waals surface area contributed by atoms with E-state index in [1.807, 2.05) is 18.3 Å². The minimum Gasteiger partial charge on any atom is -0.744 e. The first-order valence-corrected chi connectivity index (χ1v) is 10.5. The van der Waals surface area contributed by atoms with Gasteiger partial charge in [-0.25, -0.2) is 8.42 Å². The van der Waals surface area contributed by atoms with Gasteiger partial charge in [0.2, 0.25) is 11.0 Å². The fourth-order valence-electron chi connectivity index (χ4n) is 2.74. The van der Waals surface area contributed by atoms with Crippen molar-refractivity contribution < 1.29 is 17.5 Å². The molecule has 0 unspecified atom stereocenters. The fraction of sp³-hybridized carbons (Fsp3) is 0.150. The summed E-state index contributed by atoms with van der Waals surface area (Å²) in [6.45, 7) is 5.04. The van der Waals surface area contributed by atoms with Crippen LogP contribution in [0.1, 0.15) is 12.5 Å². The largest absolute Gasteiger partial charge is 0.744 e. The van der Waals surface area contributed by atoms with Crippen LogP contribution in [-0.4, -0.2) is 13.0 Å². The lowest BCUT2D eigenvalue weighted by Gasteiger charge is -2.05. The lowest BCUT2D eigenvalue weighted by atomic mass is 10.1. The van der Waals surface area contributed by atoms with Gasteiger partial charge >= 0.3 is 0 Å². The summed E-state index contributed by atoms with van der Waals surface area (Å²) in [6.07, 6.45) is 0. The van der Waals surface area contributed by atoms with Crippen LogP contribution < -0.4 is 4.57 Å². The zero-order chi connectivity index (χ0) is 18.7. The summed E-state index contributed by atoms with van der Waals surface area (Å²) in [5.74, 6) is 0. The molecule has 4 nitrogen and oxygen atoms in total. The highest BCUT2D eigenvalue weighted by atomic mass is 32.2. The molecule has 1 aromatic heterocycles. The van der Waals surface area contributed by atoms with Gasteiger partial charge < -0.3 is 4.55 Å². The monoisotopic (exact) mass is 385 g/mol. The molecular formula is C20H19NO3S2. The first kappa shape index (κ1) is 18.5. The molecule has 0 fully saturated rings. The molecule has 0 saturated heterocycles. The van der Waals surface area contributed by atoms with Crippen LogP contribution in [0.2, 0.25) is 0 Å². The number of aryl methyl sites for hydroxylation is 2. The molecule has 6 heteroatoms. The van der Waals surface area contributed by atoms with Crippen molar-refractivity contribution in [1.82, 2.24) is 0 Å². The third-order valence-electron chi connectivity index (χ3n) is 4.11. The van der Waals surface area contributed by atoms with Crippen molar-refractivity contribution >= 4 is 42.4 Å². The maximum absolute atomic E-state index is 10.4. The summed E-state index contributed by atoms with van der Waals surface area (Å²) in [7, 11) is -4.27. The van der Waals surface area contributed by atoms with Crippen LogP contribution in [0.15, 0.2) is 71.1 Å². The fourth-order valence-corrected chi connectivity index (χ4v) is 4.19. The molecule has 0 amide bonds. The van der Waals surface area contributed by atoms with E-state index in [1.165, 1.54) is 33.1 Å². The maximum Gasteiger partial charge on any atom is 0.231 e. The van der Waals surface area contributed by atoms with Crippen molar-refractivity contribution in [3.8, 4) is 0 Å². The number of nitrogens with zero attached hydrogens (tertiary/aromatic N) is 1. The summed E-state index contributed by atoms with van der Waals surface area (Å²) < 4.78 is 34.9. The van der Waals surface area contributed by atoms with E-state index < -0.39 is 10.1 Å². The Morgan fingerprint density at radius 2 is 1.69 bits per heavy atom. The molecule has 26 heavy (non-hydrogen) atoms. The van der Waals surface area contributed by atoms with Crippen molar-refractivity contribution in [3.63, 3.8) is 0 Å². The lowest BCUT2D eigenvalue weighted by molar-refractivity contribution is -0.662. The SMILES string of the molecule is CC[n+]1csc2ccc3ccccc3c21.Cc1ccc(S(=O)(=O)[O-])cc1. The smallest absolute Gasteiger partial charge is 0.231 e. The van der Waals surface area contributed by atoms with Crippen LogP contribution in [0.4, 0.5) is 0 Å². The molecule has 0 spiro atoms.